The van der Waals surface area contributed by atoms with Gasteiger partial charge in [-0.3, -0.25) is 4.99 Å². The van der Waals surface area contributed by atoms with Gasteiger partial charge in [0.1, 0.15) is 0 Å². The van der Waals surface area contributed by atoms with Crippen molar-refractivity contribution in [3.05, 3.63) is 45.6 Å². The van der Waals surface area contributed by atoms with Crippen LogP contribution in [0.4, 0.5) is 8.78 Å². The molecule has 0 aliphatic heterocycles. The van der Waals surface area contributed by atoms with Gasteiger partial charge in [-0.2, -0.15) is 8.78 Å². The van der Waals surface area contributed by atoms with Crippen LogP contribution in [-0.4, -0.2) is 26.2 Å². The molecule has 0 spiro atoms. The normalized spacial score (nSPS) is 11.5. The molecule has 0 bridgehead atoms. The summed E-state index contributed by atoms with van der Waals surface area (Å²) < 4.78 is 34.8. The minimum atomic E-state index is -2.89. The molecule has 8 heteroatoms. The van der Waals surface area contributed by atoms with Gasteiger partial charge < -0.3 is 20.1 Å². The highest BCUT2D eigenvalue weighted by atomic mass is 32.1. The number of aryl methyl sites for hydroxylation is 1. The van der Waals surface area contributed by atoms with Gasteiger partial charge in [0.15, 0.2) is 17.5 Å². The van der Waals surface area contributed by atoms with Gasteiger partial charge in [0.2, 0.25) is 0 Å². The second-order valence-electron chi connectivity index (χ2n) is 5.38. The molecule has 0 aliphatic carbocycles. The van der Waals surface area contributed by atoms with E-state index in [4.69, 9.17) is 4.74 Å². The molecule has 0 radical (unpaired) electrons. The molecule has 0 aliphatic rings. The van der Waals surface area contributed by atoms with Crippen LogP contribution in [0.1, 0.15) is 22.2 Å². The van der Waals surface area contributed by atoms with Crippen molar-refractivity contribution in [3.8, 4) is 11.5 Å². The van der Waals surface area contributed by atoms with E-state index in [1.807, 2.05) is 0 Å². The predicted molar refractivity (Wildman–Crippen MR) is 100 cm³/mol. The van der Waals surface area contributed by atoms with E-state index >= 15 is 0 Å². The highest BCUT2D eigenvalue weighted by Crippen LogP contribution is 2.29. The summed E-state index contributed by atoms with van der Waals surface area (Å²) in [6.45, 7) is 2.48. The number of aliphatic imine (C=N–C) groups is 1. The van der Waals surface area contributed by atoms with Gasteiger partial charge in [-0.1, -0.05) is 6.07 Å². The molecule has 142 valence electrons. The molecular formula is C18H23F2N3O2S. The number of hydrogen-bond donors (Lipinski definition) is 2. The van der Waals surface area contributed by atoms with E-state index in [-0.39, 0.29) is 5.75 Å². The monoisotopic (exact) mass is 383 g/mol. The molecule has 2 aromatic rings. The second-order valence-corrected chi connectivity index (χ2v) is 6.76. The van der Waals surface area contributed by atoms with Crippen molar-refractivity contribution < 1.29 is 18.3 Å². The van der Waals surface area contributed by atoms with Crippen molar-refractivity contribution in [2.24, 2.45) is 4.99 Å². The summed E-state index contributed by atoms with van der Waals surface area (Å²) in [7, 11) is 1.69. The van der Waals surface area contributed by atoms with Crippen LogP contribution < -0.4 is 20.1 Å². The molecule has 0 fully saturated rings. The van der Waals surface area contributed by atoms with Crippen LogP contribution in [0.15, 0.2) is 35.3 Å². The van der Waals surface area contributed by atoms with E-state index in [1.165, 1.54) is 15.8 Å². The van der Waals surface area contributed by atoms with Crippen molar-refractivity contribution in [2.45, 2.75) is 33.5 Å². The van der Waals surface area contributed by atoms with Crippen molar-refractivity contribution in [3.63, 3.8) is 0 Å². The Hall–Kier alpha value is -2.35. The SMILES string of the molecule is CCOc1cc(CNC(=NC)NCc2ccc(C)s2)ccc1OC(F)F. The molecule has 0 saturated heterocycles. The van der Waals surface area contributed by atoms with Crippen LogP contribution in [-0.2, 0) is 13.1 Å². The first-order chi connectivity index (χ1) is 12.5. The van der Waals surface area contributed by atoms with Gasteiger partial charge in [-0.05, 0) is 43.7 Å². The van der Waals surface area contributed by atoms with Gasteiger partial charge in [-0.25, -0.2) is 0 Å². The molecule has 0 atom stereocenters. The Morgan fingerprint density at radius 2 is 1.92 bits per heavy atom. The summed E-state index contributed by atoms with van der Waals surface area (Å²) in [5.41, 5.74) is 0.866. The van der Waals surface area contributed by atoms with E-state index in [0.29, 0.717) is 31.4 Å². The molecule has 0 unspecified atom stereocenters. The third-order valence-corrected chi connectivity index (χ3v) is 4.43. The number of nitrogens with zero attached hydrogens (tertiary/aromatic N) is 1. The topological polar surface area (TPSA) is 54.9 Å². The number of thiophene rings is 1. The molecule has 1 heterocycles. The minimum absolute atomic E-state index is 0.0289. The van der Waals surface area contributed by atoms with Gasteiger partial charge >= 0.3 is 6.61 Å². The van der Waals surface area contributed by atoms with E-state index in [0.717, 1.165) is 5.56 Å². The quantitative estimate of drug-likeness (QED) is 0.536. The molecule has 1 aromatic heterocycles. The van der Waals surface area contributed by atoms with Gasteiger partial charge in [0.05, 0.1) is 13.2 Å². The molecule has 1 aromatic carbocycles. The van der Waals surface area contributed by atoms with Crippen LogP contribution >= 0.6 is 11.3 Å². The Morgan fingerprint density at radius 3 is 2.54 bits per heavy atom. The zero-order valence-corrected chi connectivity index (χ0v) is 15.8. The number of benzene rings is 1. The van der Waals surface area contributed by atoms with Crippen molar-refractivity contribution >= 4 is 17.3 Å². The molecule has 26 heavy (non-hydrogen) atoms. The smallest absolute Gasteiger partial charge is 0.387 e. The summed E-state index contributed by atoms with van der Waals surface area (Å²) in [6, 6.07) is 9.04. The fourth-order valence-corrected chi connectivity index (χ4v) is 3.11. The average molecular weight is 383 g/mol. The van der Waals surface area contributed by atoms with E-state index in [2.05, 4.69) is 39.4 Å². The van der Waals surface area contributed by atoms with E-state index in [9.17, 15) is 8.78 Å². The first-order valence-corrected chi connectivity index (χ1v) is 9.03. The Labute approximate surface area is 156 Å². The molecule has 5 nitrogen and oxygen atoms in total. The summed E-state index contributed by atoms with van der Waals surface area (Å²) >= 11 is 1.73. The third-order valence-electron chi connectivity index (χ3n) is 3.43. The lowest BCUT2D eigenvalue weighted by molar-refractivity contribution is -0.0514. The standard InChI is InChI=1S/C18H23F2N3O2S/c1-4-24-16-9-13(6-8-15(16)25-17(19)20)10-22-18(21-3)23-11-14-7-5-12(2)26-14/h5-9,17H,4,10-11H2,1-3H3,(H2,21,22,23). The maximum absolute atomic E-state index is 12.5. The van der Waals surface area contributed by atoms with Gasteiger partial charge in [-0.15, -0.1) is 11.3 Å². The van der Waals surface area contributed by atoms with Crippen LogP contribution in [0, 0.1) is 6.92 Å². The Kier molecular flexibility index (Phi) is 7.65. The molecule has 0 saturated carbocycles. The number of rotatable bonds is 8. The van der Waals surface area contributed by atoms with Crippen molar-refractivity contribution in [1.29, 1.82) is 0 Å². The number of alkyl halides is 2. The fraction of sp³-hybridized carbons (Fsp3) is 0.389. The van der Waals surface area contributed by atoms with E-state index < -0.39 is 6.61 Å². The Balaban J connectivity index is 1.94. The summed E-state index contributed by atoms with van der Waals surface area (Å²) in [5, 5.41) is 6.43. The summed E-state index contributed by atoms with van der Waals surface area (Å²) in [4.78, 5) is 6.67. The highest BCUT2D eigenvalue weighted by molar-refractivity contribution is 7.11. The van der Waals surface area contributed by atoms with Gasteiger partial charge in [0.25, 0.3) is 0 Å². The first-order valence-electron chi connectivity index (χ1n) is 8.22. The lowest BCUT2D eigenvalue weighted by Crippen LogP contribution is -2.36. The zero-order chi connectivity index (χ0) is 18.9. The fourth-order valence-electron chi connectivity index (χ4n) is 2.28. The third kappa shape index (κ3) is 6.18. The molecule has 2 rings (SSSR count). The predicted octanol–water partition coefficient (Wildman–Crippen LogP) is 3.92. The van der Waals surface area contributed by atoms with Crippen molar-refractivity contribution in [2.75, 3.05) is 13.7 Å². The molecular weight excluding hydrogens is 360 g/mol. The Bertz CT molecular complexity index is 735. The maximum atomic E-state index is 12.5. The zero-order valence-electron chi connectivity index (χ0n) is 15.0. The maximum Gasteiger partial charge on any atom is 0.387 e. The lowest BCUT2D eigenvalue weighted by Gasteiger charge is -2.14. The second kappa shape index (κ2) is 9.96. The van der Waals surface area contributed by atoms with Crippen LogP contribution in [0.25, 0.3) is 0 Å². The van der Waals surface area contributed by atoms with Crippen LogP contribution in [0.3, 0.4) is 0 Å². The lowest BCUT2D eigenvalue weighted by atomic mass is 10.2. The first kappa shape index (κ1) is 20.0. The number of nitrogens with one attached hydrogen (secondary N) is 2. The highest BCUT2D eigenvalue weighted by Gasteiger charge is 2.12. The molecule has 2 N–H and O–H groups in total. The number of halogens is 2. The summed E-state index contributed by atoms with van der Waals surface area (Å²) in [5.74, 6) is 0.979. The van der Waals surface area contributed by atoms with Crippen molar-refractivity contribution in [1.82, 2.24) is 10.6 Å². The van der Waals surface area contributed by atoms with Crippen LogP contribution in [0.2, 0.25) is 0 Å². The minimum Gasteiger partial charge on any atom is -0.490 e. The Morgan fingerprint density at radius 1 is 1.15 bits per heavy atom. The van der Waals surface area contributed by atoms with Crippen LogP contribution in [0.5, 0.6) is 11.5 Å². The number of hydrogen-bond acceptors (Lipinski definition) is 4. The van der Waals surface area contributed by atoms with E-state index in [1.54, 1.807) is 37.4 Å². The largest absolute Gasteiger partial charge is 0.490 e. The number of guanidine groups is 1. The summed E-state index contributed by atoms with van der Waals surface area (Å²) in [6.07, 6.45) is 0. The molecule has 0 amide bonds. The number of ether oxygens (including phenoxy) is 2. The van der Waals surface area contributed by atoms with Gasteiger partial charge in [0, 0.05) is 23.3 Å². The average Bonchev–Trinajstić information content (AvgIpc) is 3.02.